The number of hydrogen-bond acceptors (Lipinski definition) is 3. The second-order valence-corrected chi connectivity index (χ2v) is 4.36. The van der Waals surface area contributed by atoms with E-state index in [4.69, 9.17) is 0 Å². The molecule has 10 heavy (non-hydrogen) atoms. The minimum atomic E-state index is -3.29. The molecule has 0 aromatic carbocycles. The van der Waals surface area contributed by atoms with Crippen molar-refractivity contribution in [1.82, 2.24) is 4.72 Å². The molecule has 1 aliphatic carbocycles. The van der Waals surface area contributed by atoms with Crippen LogP contribution >= 0.6 is 0 Å². The SMILES string of the molecule is BC(=O)NS(=O)(=O)C1CC1. The lowest BCUT2D eigenvalue weighted by Crippen LogP contribution is -2.32. The average Bonchev–Trinajstić information content (AvgIpc) is 2.35. The van der Waals surface area contributed by atoms with E-state index in [9.17, 15) is 13.2 Å². The van der Waals surface area contributed by atoms with E-state index in [0.29, 0.717) is 12.8 Å². The van der Waals surface area contributed by atoms with Crippen LogP contribution in [0.2, 0.25) is 0 Å². The van der Waals surface area contributed by atoms with Crippen molar-refractivity contribution in [2.75, 3.05) is 0 Å². The number of carbonyl (C=O) groups is 1. The maximum atomic E-state index is 10.9. The van der Waals surface area contributed by atoms with Crippen molar-refractivity contribution in [3.8, 4) is 0 Å². The molecular weight excluding hydrogens is 153 g/mol. The molecule has 0 aromatic heterocycles. The third-order valence-corrected chi connectivity index (χ3v) is 3.17. The van der Waals surface area contributed by atoms with E-state index >= 15 is 0 Å². The quantitative estimate of drug-likeness (QED) is 0.518. The maximum Gasteiger partial charge on any atom is 0.237 e. The minimum absolute atomic E-state index is 0.309. The predicted octanol–water partition coefficient (Wildman–Crippen LogP) is -1.18. The summed E-state index contributed by atoms with van der Waals surface area (Å²) in [6.07, 6.45) is 1.37. The lowest BCUT2D eigenvalue weighted by Gasteiger charge is -2.00. The van der Waals surface area contributed by atoms with E-state index in [2.05, 4.69) is 0 Å². The van der Waals surface area contributed by atoms with E-state index in [1.807, 2.05) is 4.72 Å². The van der Waals surface area contributed by atoms with Crippen molar-refractivity contribution in [2.24, 2.45) is 0 Å². The number of sulfonamides is 1. The largest absolute Gasteiger partial charge is 0.288 e. The van der Waals surface area contributed by atoms with Crippen LogP contribution in [0.15, 0.2) is 0 Å². The van der Waals surface area contributed by atoms with Gasteiger partial charge in [0.1, 0.15) is 0 Å². The van der Waals surface area contributed by atoms with Crippen LogP contribution in [0.4, 0.5) is 4.79 Å². The molecule has 6 heteroatoms. The third-order valence-electron chi connectivity index (χ3n) is 1.25. The molecular formula is C4H8BNO3S. The zero-order valence-corrected chi connectivity index (χ0v) is 6.44. The molecule has 1 rings (SSSR count). The number of carbonyl (C=O) groups excluding carboxylic acids is 1. The van der Waals surface area contributed by atoms with Crippen LogP contribution in [0, 0.1) is 0 Å². The summed E-state index contributed by atoms with van der Waals surface area (Å²) in [5.41, 5.74) is 0. The van der Waals surface area contributed by atoms with E-state index < -0.39 is 15.8 Å². The molecule has 1 saturated carbocycles. The highest BCUT2D eigenvalue weighted by atomic mass is 32.2. The van der Waals surface area contributed by atoms with Gasteiger partial charge in [-0.1, -0.05) is 0 Å². The highest BCUT2D eigenvalue weighted by Gasteiger charge is 2.35. The molecule has 0 aromatic rings. The van der Waals surface area contributed by atoms with E-state index in [0.717, 1.165) is 0 Å². The van der Waals surface area contributed by atoms with Crippen LogP contribution in [0.3, 0.4) is 0 Å². The summed E-state index contributed by atoms with van der Waals surface area (Å²) < 4.78 is 23.7. The lowest BCUT2D eigenvalue weighted by atomic mass is 10.2. The number of amides is 1. The second-order valence-electron chi connectivity index (χ2n) is 2.40. The van der Waals surface area contributed by atoms with Crippen molar-refractivity contribution in [1.29, 1.82) is 0 Å². The predicted molar refractivity (Wildman–Crippen MR) is 39.0 cm³/mol. The standard InChI is InChI=1S/C4H8BNO3S/c5-4(7)6-10(8,9)3-1-2-3/h3H,1-2,5H2,(H,6,7). The smallest absolute Gasteiger partial charge is 0.237 e. The first-order valence-corrected chi connectivity index (χ1v) is 4.59. The van der Waals surface area contributed by atoms with E-state index in [-0.39, 0.29) is 5.25 Å². The van der Waals surface area contributed by atoms with Crippen LogP contribution in [-0.2, 0) is 10.0 Å². The van der Waals surface area contributed by atoms with Gasteiger partial charge in [0.25, 0.3) is 0 Å². The van der Waals surface area contributed by atoms with Crippen molar-refractivity contribution >= 4 is 23.7 Å². The van der Waals surface area contributed by atoms with Crippen LogP contribution in [0.25, 0.3) is 0 Å². The van der Waals surface area contributed by atoms with Gasteiger partial charge >= 0.3 is 0 Å². The summed E-state index contributed by atoms with van der Waals surface area (Å²) in [5.74, 6) is -0.507. The van der Waals surface area contributed by atoms with Gasteiger partial charge in [0.15, 0.2) is 5.81 Å². The highest BCUT2D eigenvalue weighted by Crippen LogP contribution is 2.27. The van der Waals surface area contributed by atoms with E-state index in [1.165, 1.54) is 7.85 Å². The fraction of sp³-hybridized carbons (Fsp3) is 0.750. The first-order chi connectivity index (χ1) is 4.52. The Morgan fingerprint density at radius 2 is 2.00 bits per heavy atom. The first-order valence-electron chi connectivity index (χ1n) is 3.04. The van der Waals surface area contributed by atoms with Gasteiger partial charge in [-0.15, -0.1) is 0 Å². The lowest BCUT2D eigenvalue weighted by molar-refractivity contribution is 0.263. The van der Waals surface area contributed by atoms with Crippen LogP contribution in [0.1, 0.15) is 12.8 Å². The number of hydrogen-bond donors (Lipinski definition) is 1. The van der Waals surface area contributed by atoms with Crippen molar-refractivity contribution in [3.63, 3.8) is 0 Å². The molecule has 0 unspecified atom stereocenters. The molecule has 56 valence electrons. The normalized spacial score (nSPS) is 18.4. The Balaban J connectivity index is 2.60. The summed E-state index contributed by atoms with van der Waals surface area (Å²) in [7, 11) is -2.09. The fourth-order valence-electron chi connectivity index (χ4n) is 0.662. The highest BCUT2D eigenvalue weighted by molar-refractivity contribution is 7.91. The van der Waals surface area contributed by atoms with Crippen molar-refractivity contribution in [2.45, 2.75) is 18.1 Å². The molecule has 1 N–H and O–H groups in total. The Bertz CT molecular complexity index is 243. The van der Waals surface area contributed by atoms with Gasteiger partial charge in [0, 0.05) is 0 Å². The molecule has 4 nitrogen and oxygen atoms in total. The molecule has 1 aliphatic rings. The zero-order chi connectivity index (χ0) is 7.78. The summed E-state index contributed by atoms with van der Waals surface area (Å²) in [6, 6.07) is 0. The summed E-state index contributed by atoms with van der Waals surface area (Å²) in [5, 5.41) is -0.309. The second kappa shape index (κ2) is 2.27. The Kier molecular flexibility index (Phi) is 1.72. The average molecular weight is 161 g/mol. The Labute approximate surface area is 60.5 Å². The molecule has 1 fully saturated rings. The van der Waals surface area contributed by atoms with Crippen molar-refractivity contribution in [3.05, 3.63) is 0 Å². The Hall–Kier alpha value is -0.515. The van der Waals surface area contributed by atoms with E-state index in [1.54, 1.807) is 0 Å². The van der Waals surface area contributed by atoms with Gasteiger partial charge in [-0.05, 0) is 12.8 Å². The first kappa shape index (κ1) is 7.59. The Morgan fingerprint density at radius 1 is 1.50 bits per heavy atom. The molecule has 0 spiro atoms. The monoisotopic (exact) mass is 161 g/mol. The van der Waals surface area contributed by atoms with Gasteiger partial charge in [0.05, 0.1) is 5.25 Å². The molecule has 0 radical (unpaired) electrons. The third kappa shape index (κ3) is 1.73. The molecule has 0 aliphatic heterocycles. The number of nitrogens with one attached hydrogen (secondary N) is 1. The molecule has 0 saturated heterocycles. The Morgan fingerprint density at radius 3 is 2.30 bits per heavy atom. The minimum Gasteiger partial charge on any atom is -0.288 e. The molecule has 0 heterocycles. The van der Waals surface area contributed by atoms with Gasteiger partial charge in [-0.2, -0.15) is 0 Å². The zero-order valence-electron chi connectivity index (χ0n) is 5.62. The summed E-state index contributed by atoms with van der Waals surface area (Å²) in [4.78, 5) is 10.3. The molecule has 1 amide bonds. The van der Waals surface area contributed by atoms with Crippen molar-refractivity contribution < 1.29 is 13.2 Å². The summed E-state index contributed by atoms with van der Waals surface area (Å²) >= 11 is 0. The molecule has 0 bridgehead atoms. The molecule has 0 atom stereocenters. The summed E-state index contributed by atoms with van der Waals surface area (Å²) in [6.45, 7) is 0. The van der Waals surface area contributed by atoms with Gasteiger partial charge in [-0.25, -0.2) is 8.42 Å². The van der Waals surface area contributed by atoms with Crippen LogP contribution in [0.5, 0.6) is 0 Å². The van der Waals surface area contributed by atoms with Gasteiger partial charge in [0.2, 0.25) is 17.9 Å². The fourth-order valence-corrected chi connectivity index (χ4v) is 1.99. The van der Waals surface area contributed by atoms with Gasteiger partial charge in [-0.3, -0.25) is 9.52 Å². The topological polar surface area (TPSA) is 63.2 Å². The van der Waals surface area contributed by atoms with Gasteiger partial charge < -0.3 is 0 Å². The maximum absolute atomic E-state index is 10.9. The number of rotatable bonds is 2. The van der Waals surface area contributed by atoms with Crippen LogP contribution in [-0.4, -0.2) is 27.3 Å². The van der Waals surface area contributed by atoms with Crippen LogP contribution < -0.4 is 4.72 Å².